The van der Waals surface area contributed by atoms with Crippen LogP contribution in [-0.4, -0.2) is 43.8 Å². The zero-order valence-electron chi connectivity index (χ0n) is 16.4. The Labute approximate surface area is 183 Å². The maximum atomic E-state index is 13.7. The number of carbonyl (C=O) groups excluding carboxylic acids is 2. The van der Waals surface area contributed by atoms with Gasteiger partial charge in [-0.15, -0.1) is 0 Å². The number of hydrogen-bond acceptors (Lipinski definition) is 5. The highest BCUT2D eigenvalue weighted by Crippen LogP contribution is 2.26. The van der Waals surface area contributed by atoms with E-state index in [0.29, 0.717) is 19.2 Å². The van der Waals surface area contributed by atoms with Gasteiger partial charge in [-0.05, 0) is 50.1 Å². The summed E-state index contributed by atoms with van der Waals surface area (Å²) in [6.45, 7) is 2.02. The second-order valence-corrected chi connectivity index (χ2v) is 9.26. The first kappa shape index (κ1) is 23.1. The Bertz CT molecular complexity index is 1120. The average molecular weight is 473 g/mol. The Hall–Kier alpha value is -2.56. The molecule has 1 atom stereocenters. The third-order valence-corrected chi connectivity index (χ3v) is 6.93. The molecule has 0 bridgehead atoms. The number of anilines is 1. The molecule has 1 fully saturated rings. The van der Waals surface area contributed by atoms with Crippen LogP contribution in [-0.2, 0) is 19.6 Å². The lowest BCUT2D eigenvalue weighted by Crippen LogP contribution is -2.31. The van der Waals surface area contributed by atoms with Crippen LogP contribution < -0.4 is 5.32 Å². The Morgan fingerprint density at radius 1 is 1.13 bits per heavy atom. The van der Waals surface area contributed by atoms with Gasteiger partial charge in [0, 0.05) is 19.2 Å². The monoisotopic (exact) mass is 472 g/mol. The van der Waals surface area contributed by atoms with Crippen LogP contribution in [0.5, 0.6) is 0 Å². The van der Waals surface area contributed by atoms with Crippen LogP contribution in [0.3, 0.4) is 0 Å². The van der Waals surface area contributed by atoms with Crippen LogP contribution in [0.25, 0.3) is 0 Å². The van der Waals surface area contributed by atoms with Crippen LogP contribution in [0.15, 0.2) is 41.3 Å². The minimum absolute atomic E-state index is 0.0532. The summed E-state index contributed by atoms with van der Waals surface area (Å²) in [7, 11) is -3.79. The van der Waals surface area contributed by atoms with Crippen LogP contribution in [0, 0.1) is 11.6 Å². The van der Waals surface area contributed by atoms with E-state index in [1.54, 1.807) is 0 Å². The molecule has 1 heterocycles. The number of nitrogens with one attached hydrogen (secondary N) is 1. The van der Waals surface area contributed by atoms with E-state index < -0.39 is 39.6 Å². The Morgan fingerprint density at radius 3 is 2.45 bits per heavy atom. The Morgan fingerprint density at radius 2 is 1.81 bits per heavy atom. The van der Waals surface area contributed by atoms with Crippen molar-refractivity contribution in [2.24, 2.45) is 0 Å². The summed E-state index contributed by atoms with van der Waals surface area (Å²) in [6.07, 6.45) is 0.137. The fraction of sp³-hybridized carbons (Fsp3) is 0.300. The molecule has 0 spiro atoms. The van der Waals surface area contributed by atoms with Gasteiger partial charge in [-0.2, -0.15) is 4.31 Å². The van der Waals surface area contributed by atoms with E-state index in [2.05, 4.69) is 5.32 Å². The molecule has 7 nitrogen and oxygen atoms in total. The fourth-order valence-electron chi connectivity index (χ4n) is 3.00. The summed E-state index contributed by atoms with van der Waals surface area (Å²) < 4.78 is 58.5. The lowest BCUT2D eigenvalue weighted by Gasteiger charge is -2.17. The van der Waals surface area contributed by atoms with Crippen molar-refractivity contribution in [1.29, 1.82) is 0 Å². The Balaban J connectivity index is 1.74. The van der Waals surface area contributed by atoms with Gasteiger partial charge in [-0.1, -0.05) is 11.6 Å². The van der Waals surface area contributed by atoms with Gasteiger partial charge in [-0.25, -0.2) is 22.0 Å². The van der Waals surface area contributed by atoms with Crippen molar-refractivity contribution in [3.63, 3.8) is 0 Å². The van der Waals surface area contributed by atoms with Gasteiger partial charge >= 0.3 is 5.97 Å². The van der Waals surface area contributed by atoms with E-state index in [-0.39, 0.29) is 21.2 Å². The first-order chi connectivity index (χ1) is 14.6. The quantitative estimate of drug-likeness (QED) is 0.649. The molecule has 166 valence electrons. The molecule has 31 heavy (non-hydrogen) atoms. The summed E-state index contributed by atoms with van der Waals surface area (Å²) in [4.78, 5) is 24.6. The fourth-order valence-corrected chi connectivity index (χ4v) is 4.74. The number of sulfonamides is 1. The molecule has 0 radical (unpaired) electrons. The van der Waals surface area contributed by atoms with Gasteiger partial charge < -0.3 is 10.1 Å². The topological polar surface area (TPSA) is 92.8 Å². The number of hydrogen-bond donors (Lipinski definition) is 1. The second-order valence-electron chi connectivity index (χ2n) is 6.91. The van der Waals surface area contributed by atoms with Crippen LogP contribution >= 0.6 is 11.6 Å². The molecule has 0 saturated carbocycles. The van der Waals surface area contributed by atoms with Crippen molar-refractivity contribution in [3.05, 3.63) is 58.6 Å². The number of carbonyl (C=O) groups is 2. The van der Waals surface area contributed by atoms with E-state index in [1.807, 2.05) is 0 Å². The SMILES string of the molecule is CC(OC(=O)c1cc(S(=O)(=O)N2CCCC2)ccc1Cl)C(=O)Nc1ccc(F)cc1F. The summed E-state index contributed by atoms with van der Waals surface area (Å²) in [5.41, 5.74) is -0.513. The minimum Gasteiger partial charge on any atom is -0.449 e. The molecule has 0 aromatic heterocycles. The molecule has 1 N–H and O–H groups in total. The lowest BCUT2D eigenvalue weighted by atomic mass is 10.2. The standard InChI is InChI=1S/C20H19ClF2N2O5S/c1-12(19(26)24-18-7-4-13(22)10-17(18)23)30-20(27)15-11-14(5-6-16(15)21)31(28,29)25-8-2-3-9-25/h4-7,10-12H,2-3,8-9H2,1H3,(H,24,26). The number of benzene rings is 2. The molecule has 3 rings (SSSR count). The van der Waals surface area contributed by atoms with Crippen molar-refractivity contribution >= 4 is 39.2 Å². The van der Waals surface area contributed by atoms with Crippen LogP contribution in [0.4, 0.5) is 14.5 Å². The zero-order chi connectivity index (χ0) is 22.8. The van der Waals surface area contributed by atoms with Crippen molar-refractivity contribution in [2.45, 2.75) is 30.8 Å². The van der Waals surface area contributed by atoms with Crippen molar-refractivity contribution in [1.82, 2.24) is 4.31 Å². The summed E-state index contributed by atoms with van der Waals surface area (Å²) in [5, 5.41) is 2.13. The smallest absolute Gasteiger partial charge is 0.340 e. The predicted molar refractivity (Wildman–Crippen MR) is 109 cm³/mol. The number of amides is 1. The molecule has 1 unspecified atom stereocenters. The number of ether oxygens (including phenoxy) is 1. The predicted octanol–water partition coefficient (Wildman–Crippen LogP) is 3.59. The summed E-state index contributed by atoms with van der Waals surface area (Å²) in [5.74, 6) is -3.69. The number of rotatable bonds is 6. The van der Waals surface area contributed by atoms with Gasteiger partial charge in [0.05, 0.1) is 21.2 Å². The van der Waals surface area contributed by atoms with Gasteiger partial charge in [0.2, 0.25) is 10.0 Å². The molecule has 1 amide bonds. The molecule has 11 heteroatoms. The molecule has 0 aliphatic carbocycles. The Kier molecular flexibility index (Phi) is 6.93. The molecule has 2 aromatic carbocycles. The van der Waals surface area contributed by atoms with Gasteiger partial charge in [0.15, 0.2) is 6.10 Å². The first-order valence-corrected chi connectivity index (χ1v) is 11.2. The second kappa shape index (κ2) is 9.29. The van der Waals surface area contributed by atoms with Gasteiger partial charge in [0.25, 0.3) is 5.91 Å². The molecular weight excluding hydrogens is 454 g/mol. The van der Waals surface area contributed by atoms with Crippen LogP contribution in [0.1, 0.15) is 30.1 Å². The van der Waals surface area contributed by atoms with Gasteiger partial charge in [0.1, 0.15) is 11.6 Å². The summed E-state index contributed by atoms with van der Waals surface area (Å²) >= 11 is 6.03. The highest BCUT2D eigenvalue weighted by atomic mass is 35.5. The molecule has 1 aliphatic heterocycles. The third kappa shape index (κ3) is 5.20. The maximum absolute atomic E-state index is 13.7. The number of esters is 1. The van der Waals surface area contributed by atoms with E-state index in [4.69, 9.17) is 16.3 Å². The summed E-state index contributed by atoms with van der Waals surface area (Å²) in [6, 6.07) is 6.24. The van der Waals surface area contributed by atoms with E-state index in [1.165, 1.54) is 23.4 Å². The van der Waals surface area contributed by atoms with E-state index in [9.17, 15) is 26.8 Å². The first-order valence-electron chi connectivity index (χ1n) is 9.36. The number of nitrogens with zero attached hydrogens (tertiary/aromatic N) is 1. The van der Waals surface area contributed by atoms with E-state index >= 15 is 0 Å². The lowest BCUT2D eigenvalue weighted by molar-refractivity contribution is -0.123. The highest BCUT2D eigenvalue weighted by molar-refractivity contribution is 7.89. The van der Waals surface area contributed by atoms with Gasteiger partial charge in [-0.3, -0.25) is 4.79 Å². The highest BCUT2D eigenvalue weighted by Gasteiger charge is 2.29. The number of halogens is 3. The van der Waals surface area contributed by atoms with E-state index in [0.717, 1.165) is 31.0 Å². The normalized spacial score (nSPS) is 15.5. The zero-order valence-corrected chi connectivity index (χ0v) is 18.0. The molecular formula is C20H19ClF2N2O5S. The maximum Gasteiger partial charge on any atom is 0.340 e. The molecule has 2 aromatic rings. The third-order valence-electron chi connectivity index (χ3n) is 4.70. The van der Waals surface area contributed by atoms with Crippen molar-refractivity contribution in [2.75, 3.05) is 18.4 Å². The van der Waals surface area contributed by atoms with Crippen molar-refractivity contribution < 1.29 is 31.5 Å². The molecule has 1 aliphatic rings. The largest absolute Gasteiger partial charge is 0.449 e. The van der Waals surface area contributed by atoms with Crippen LogP contribution in [0.2, 0.25) is 5.02 Å². The average Bonchev–Trinajstić information content (AvgIpc) is 3.25. The van der Waals surface area contributed by atoms with Crippen molar-refractivity contribution in [3.8, 4) is 0 Å². The molecule has 1 saturated heterocycles. The minimum atomic E-state index is -3.79.